The summed E-state index contributed by atoms with van der Waals surface area (Å²) in [6.45, 7) is 0. The molecule has 0 saturated carbocycles. The SMILES string of the molecule is C[N]1[Y][CH2]c2ccccc21. The molecule has 0 fully saturated rings. The van der Waals surface area contributed by atoms with Crippen molar-refractivity contribution >= 4 is 5.69 Å². The van der Waals surface area contributed by atoms with Gasteiger partial charge >= 0.3 is 77.4 Å². The molecule has 1 aromatic carbocycles. The number of benzene rings is 1. The number of hydrogen-bond donors (Lipinski definition) is 0. The van der Waals surface area contributed by atoms with E-state index in [2.05, 4.69) is 33.3 Å². The van der Waals surface area contributed by atoms with E-state index in [0.717, 1.165) is 0 Å². The summed E-state index contributed by atoms with van der Waals surface area (Å²) in [6, 6.07) is 8.75. The van der Waals surface area contributed by atoms with Crippen LogP contribution in [0.15, 0.2) is 24.3 Å². The average molecular weight is 208 g/mol. The van der Waals surface area contributed by atoms with Crippen molar-refractivity contribution in [2.24, 2.45) is 0 Å². The van der Waals surface area contributed by atoms with Crippen molar-refractivity contribution in [3.8, 4) is 0 Å². The second-order valence-corrected chi connectivity index (χ2v) is 6.43. The number of nitrogens with zero attached hydrogens (tertiary/aromatic N) is 1. The number of hydrogen-bond acceptors (Lipinski definition) is 1. The van der Waals surface area contributed by atoms with Gasteiger partial charge in [0.1, 0.15) is 0 Å². The average Bonchev–Trinajstić information content (AvgIpc) is 2.34. The molecule has 0 aromatic heterocycles. The van der Waals surface area contributed by atoms with Crippen LogP contribution in [-0.2, 0) is 32.8 Å². The van der Waals surface area contributed by atoms with Crippen LogP contribution in [0.1, 0.15) is 5.56 Å². The third-order valence-corrected chi connectivity index (χ3v) is 5.52. The normalized spacial score (nSPS) is 13.9. The Labute approximate surface area is 76.9 Å². The van der Waals surface area contributed by atoms with Gasteiger partial charge in [0.05, 0.1) is 0 Å². The van der Waals surface area contributed by atoms with Gasteiger partial charge in [-0.2, -0.15) is 0 Å². The molecule has 1 heterocycles. The van der Waals surface area contributed by atoms with E-state index in [4.69, 9.17) is 0 Å². The first-order chi connectivity index (χ1) is 4.88. The molecule has 2 heteroatoms. The van der Waals surface area contributed by atoms with E-state index >= 15 is 0 Å². The second kappa shape index (κ2) is 2.63. The summed E-state index contributed by atoms with van der Waals surface area (Å²) in [5.74, 6) is 0. The molecular weight excluding hydrogens is 199 g/mol. The number of rotatable bonds is 0. The molecule has 10 heavy (non-hydrogen) atoms. The Hall–Kier alpha value is 0.124. The quantitative estimate of drug-likeness (QED) is 0.626. The molecule has 0 atom stereocenters. The summed E-state index contributed by atoms with van der Waals surface area (Å²) >= 11 is -0.369. The summed E-state index contributed by atoms with van der Waals surface area (Å²) in [5, 5.41) is 0. The number of anilines is 1. The molecule has 0 aliphatic carbocycles. The van der Waals surface area contributed by atoms with Gasteiger partial charge in [0.2, 0.25) is 0 Å². The van der Waals surface area contributed by atoms with Gasteiger partial charge in [-0.25, -0.2) is 0 Å². The van der Waals surface area contributed by atoms with Crippen LogP contribution >= 0.6 is 0 Å². The van der Waals surface area contributed by atoms with Crippen LogP contribution in [0.4, 0.5) is 5.69 Å². The van der Waals surface area contributed by atoms with Gasteiger partial charge in [0, 0.05) is 0 Å². The molecule has 2 rings (SSSR count). The van der Waals surface area contributed by atoms with Crippen LogP contribution in [-0.4, -0.2) is 7.05 Å². The van der Waals surface area contributed by atoms with Crippen LogP contribution in [0.5, 0.6) is 0 Å². The van der Waals surface area contributed by atoms with Gasteiger partial charge in [0.15, 0.2) is 0 Å². The first-order valence-electron chi connectivity index (χ1n) is 3.52. The Morgan fingerprint density at radius 1 is 1.40 bits per heavy atom. The van der Waals surface area contributed by atoms with E-state index in [0.29, 0.717) is 0 Å². The minimum absolute atomic E-state index is 0.369. The molecule has 0 bridgehead atoms. The predicted octanol–water partition coefficient (Wildman–Crippen LogP) is 1.63. The fourth-order valence-electron chi connectivity index (χ4n) is 1.36. The monoisotopic (exact) mass is 208 g/mol. The van der Waals surface area contributed by atoms with Gasteiger partial charge in [-0.1, -0.05) is 0 Å². The molecule has 0 N–H and O–H groups in total. The molecule has 0 radical (unpaired) electrons. The van der Waals surface area contributed by atoms with Crippen LogP contribution in [0.2, 0.25) is 0 Å². The van der Waals surface area contributed by atoms with E-state index in [1.54, 1.807) is 5.56 Å². The van der Waals surface area contributed by atoms with Gasteiger partial charge in [-0.05, 0) is 0 Å². The zero-order valence-electron chi connectivity index (χ0n) is 6.04. The maximum atomic E-state index is 2.49. The minimum atomic E-state index is -0.369. The van der Waals surface area contributed by atoms with Crippen molar-refractivity contribution in [3.05, 3.63) is 29.8 Å². The molecule has 1 aromatic rings. The van der Waals surface area contributed by atoms with E-state index in [1.807, 2.05) is 0 Å². The summed E-state index contributed by atoms with van der Waals surface area (Å²) in [6.07, 6.45) is 0. The predicted molar refractivity (Wildman–Crippen MR) is 38.5 cm³/mol. The van der Waals surface area contributed by atoms with Crippen LogP contribution in [0, 0.1) is 0 Å². The topological polar surface area (TPSA) is 3.24 Å². The van der Waals surface area contributed by atoms with E-state index in [1.165, 1.54) is 8.92 Å². The summed E-state index contributed by atoms with van der Waals surface area (Å²) in [7, 11) is 2.23. The fraction of sp³-hybridized carbons (Fsp3) is 0.250. The van der Waals surface area contributed by atoms with Crippen molar-refractivity contribution in [2.45, 2.75) is 3.23 Å². The molecular formula is C8H9NY. The third kappa shape index (κ3) is 1.02. The van der Waals surface area contributed by atoms with Crippen molar-refractivity contribution in [3.63, 3.8) is 0 Å². The van der Waals surface area contributed by atoms with Crippen molar-refractivity contribution in [1.82, 2.24) is 0 Å². The maximum absolute atomic E-state index is 2.49. The van der Waals surface area contributed by atoms with Gasteiger partial charge < -0.3 is 0 Å². The first kappa shape index (κ1) is 6.81. The van der Waals surface area contributed by atoms with Crippen molar-refractivity contribution < 1.29 is 29.5 Å². The Morgan fingerprint density at radius 3 is 3.00 bits per heavy atom. The van der Waals surface area contributed by atoms with E-state index in [-0.39, 0.29) is 29.5 Å². The zero-order valence-corrected chi connectivity index (χ0v) is 8.88. The van der Waals surface area contributed by atoms with Crippen LogP contribution in [0.3, 0.4) is 0 Å². The summed E-state index contributed by atoms with van der Waals surface area (Å²) in [4.78, 5) is 0. The van der Waals surface area contributed by atoms with Gasteiger partial charge in [-0.3, -0.25) is 0 Å². The number of para-hydroxylation sites is 1. The Balaban J connectivity index is 2.51. The molecule has 0 amide bonds. The molecule has 1 aliphatic heterocycles. The fourth-order valence-corrected chi connectivity index (χ4v) is 4.47. The van der Waals surface area contributed by atoms with Gasteiger partial charge in [0.25, 0.3) is 0 Å². The Kier molecular flexibility index (Phi) is 1.79. The van der Waals surface area contributed by atoms with E-state index < -0.39 is 0 Å². The van der Waals surface area contributed by atoms with Crippen molar-refractivity contribution in [1.29, 1.82) is 0 Å². The van der Waals surface area contributed by atoms with Crippen LogP contribution in [0.25, 0.3) is 0 Å². The number of fused-ring (bicyclic) bond motifs is 1. The molecule has 1 aliphatic rings. The summed E-state index contributed by atoms with van der Waals surface area (Å²) < 4.78 is 3.90. The standard InChI is InChI=1S/C8H9N.Y/c1-7-5-3-4-6-8(7)9-2;/h3-6H,1H2,2H3;/q-1;+1. The molecule has 49 valence electrons. The molecule has 1 nitrogen and oxygen atoms in total. The molecule has 0 saturated heterocycles. The van der Waals surface area contributed by atoms with E-state index in [9.17, 15) is 0 Å². The third-order valence-electron chi connectivity index (χ3n) is 1.96. The van der Waals surface area contributed by atoms with Gasteiger partial charge in [-0.15, -0.1) is 0 Å². The zero-order chi connectivity index (χ0) is 6.97. The Morgan fingerprint density at radius 2 is 2.20 bits per heavy atom. The molecule has 0 spiro atoms. The molecule has 0 unspecified atom stereocenters. The summed E-state index contributed by atoms with van der Waals surface area (Å²) in [5.41, 5.74) is 3.06. The first-order valence-corrected chi connectivity index (χ1v) is 6.79. The Bertz CT molecular complexity index is 247. The van der Waals surface area contributed by atoms with Crippen LogP contribution < -0.4 is 2.03 Å². The van der Waals surface area contributed by atoms with Crippen molar-refractivity contribution in [2.75, 3.05) is 9.08 Å². The second-order valence-electron chi connectivity index (χ2n) is 2.63.